The van der Waals surface area contributed by atoms with Gasteiger partial charge in [0, 0.05) is 0 Å². The zero-order valence-corrected chi connectivity index (χ0v) is 8.53. The third kappa shape index (κ3) is 2.64. The Morgan fingerprint density at radius 2 is 2.14 bits per heavy atom. The van der Waals surface area contributed by atoms with Gasteiger partial charge in [-0.1, -0.05) is 13.0 Å². The largest absolute Gasteiger partial charge is 0.504 e. The van der Waals surface area contributed by atoms with Gasteiger partial charge in [0.25, 0.3) is 0 Å². The van der Waals surface area contributed by atoms with Gasteiger partial charge in [0.15, 0.2) is 11.5 Å². The summed E-state index contributed by atoms with van der Waals surface area (Å²) in [6.07, 6.45) is 0.986. The maximum Gasteiger partial charge on any atom is 0.160 e. The van der Waals surface area contributed by atoms with E-state index in [0.29, 0.717) is 12.2 Å². The van der Waals surface area contributed by atoms with E-state index in [4.69, 9.17) is 4.74 Å². The minimum atomic E-state index is -0.329. The van der Waals surface area contributed by atoms with Crippen molar-refractivity contribution in [2.24, 2.45) is 0 Å². The van der Waals surface area contributed by atoms with Crippen LogP contribution in [0.1, 0.15) is 18.9 Å². The summed E-state index contributed by atoms with van der Waals surface area (Å²) in [6, 6.07) is 5.11. The molecule has 3 nitrogen and oxygen atoms in total. The molecule has 0 aliphatic heterocycles. The topological polar surface area (TPSA) is 49.7 Å². The van der Waals surface area contributed by atoms with E-state index in [2.05, 4.69) is 0 Å². The van der Waals surface area contributed by atoms with E-state index in [-0.39, 0.29) is 11.9 Å². The first-order chi connectivity index (χ1) is 6.67. The van der Waals surface area contributed by atoms with E-state index < -0.39 is 0 Å². The second-order valence-corrected chi connectivity index (χ2v) is 3.27. The molecule has 0 heterocycles. The number of aromatic hydroxyl groups is 1. The fraction of sp³-hybridized carbons (Fsp3) is 0.455. The summed E-state index contributed by atoms with van der Waals surface area (Å²) in [7, 11) is 1.51. The second kappa shape index (κ2) is 4.86. The predicted octanol–water partition coefficient (Wildman–Crippen LogP) is 1.71. The first-order valence-corrected chi connectivity index (χ1v) is 4.71. The van der Waals surface area contributed by atoms with Gasteiger partial charge in [0.1, 0.15) is 0 Å². The van der Waals surface area contributed by atoms with Gasteiger partial charge >= 0.3 is 0 Å². The lowest BCUT2D eigenvalue weighted by molar-refractivity contribution is 0.170. The number of aliphatic hydroxyl groups excluding tert-OH is 1. The Morgan fingerprint density at radius 1 is 1.43 bits per heavy atom. The van der Waals surface area contributed by atoms with E-state index in [1.807, 2.05) is 6.92 Å². The molecule has 0 radical (unpaired) electrons. The van der Waals surface area contributed by atoms with Crippen LogP contribution < -0.4 is 4.74 Å². The number of aliphatic hydroxyl groups is 1. The van der Waals surface area contributed by atoms with Crippen molar-refractivity contribution in [3.05, 3.63) is 23.8 Å². The summed E-state index contributed by atoms with van der Waals surface area (Å²) in [4.78, 5) is 0. The minimum absolute atomic E-state index is 0.127. The number of phenols is 1. The quantitative estimate of drug-likeness (QED) is 0.770. The molecule has 78 valence electrons. The number of rotatable bonds is 4. The van der Waals surface area contributed by atoms with Crippen LogP contribution in [0, 0.1) is 0 Å². The standard InChI is InChI=1S/C11H16O3/c1-3-9(12)6-8-4-5-10(13)11(7-8)14-2/h4-5,7,9,12-13H,3,6H2,1-2H3. The molecule has 0 saturated heterocycles. The summed E-state index contributed by atoms with van der Waals surface area (Å²) in [6.45, 7) is 1.93. The average molecular weight is 196 g/mol. The SMILES string of the molecule is CCC(O)Cc1ccc(O)c(OC)c1. The van der Waals surface area contributed by atoms with E-state index in [1.54, 1.807) is 18.2 Å². The first kappa shape index (κ1) is 10.9. The van der Waals surface area contributed by atoms with Crippen molar-refractivity contribution >= 4 is 0 Å². The molecule has 0 amide bonds. The van der Waals surface area contributed by atoms with Crippen molar-refractivity contribution < 1.29 is 14.9 Å². The van der Waals surface area contributed by atoms with Crippen molar-refractivity contribution in [1.82, 2.24) is 0 Å². The first-order valence-electron chi connectivity index (χ1n) is 4.71. The minimum Gasteiger partial charge on any atom is -0.504 e. The van der Waals surface area contributed by atoms with E-state index in [9.17, 15) is 10.2 Å². The summed E-state index contributed by atoms with van der Waals surface area (Å²) >= 11 is 0. The number of hydrogen-bond acceptors (Lipinski definition) is 3. The third-order valence-electron chi connectivity index (χ3n) is 2.19. The zero-order chi connectivity index (χ0) is 10.6. The van der Waals surface area contributed by atoms with Crippen LogP contribution >= 0.6 is 0 Å². The van der Waals surface area contributed by atoms with Crippen molar-refractivity contribution in [3.8, 4) is 11.5 Å². The monoisotopic (exact) mass is 196 g/mol. The Bertz CT molecular complexity index is 297. The van der Waals surface area contributed by atoms with E-state index in [0.717, 1.165) is 12.0 Å². The molecule has 3 heteroatoms. The lowest BCUT2D eigenvalue weighted by Crippen LogP contribution is -2.08. The number of ether oxygens (including phenoxy) is 1. The van der Waals surface area contributed by atoms with Gasteiger partial charge in [-0.2, -0.15) is 0 Å². The normalized spacial score (nSPS) is 12.5. The number of methoxy groups -OCH3 is 1. The van der Waals surface area contributed by atoms with Crippen LogP contribution in [0.5, 0.6) is 11.5 Å². The molecule has 0 aliphatic carbocycles. The zero-order valence-electron chi connectivity index (χ0n) is 8.53. The van der Waals surface area contributed by atoms with Crippen LogP contribution in [-0.4, -0.2) is 23.4 Å². The van der Waals surface area contributed by atoms with Gasteiger partial charge < -0.3 is 14.9 Å². The van der Waals surface area contributed by atoms with Gasteiger partial charge in [-0.25, -0.2) is 0 Å². The highest BCUT2D eigenvalue weighted by Gasteiger charge is 2.06. The summed E-state index contributed by atoms with van der Waals surface area (Å²) in [5.74, 6) is 0.577. The molecule has 0 fully saturated rings. The van der Waals surface area contributed by atoms with Gasteiger partial charge in [0.2, 0.25) is 0 Å². The molecule has 0 saturated carbocycles. The molecule has 14 heavy (non-hydrogen) atoms. The molecule has 1 aromatic rings. The number of hydrogen-bond donors (Lipinski definition) is 2. The number of phenolic OH excluding ortho intramolecular Hbond substituents is 1. The third-order valence-corrected chi connectivity index (χ3v) is 2.19. The Hall–Kier alpha value is -1.22. The molecule has 1 atom stereocenters. The average Bonchev–Trinajstić information content (AvgIpc) is 2.20. The molecule has 2 N–H and O–H groups in total. The van der Waals surface area contributed by atoms with E-state index >= 15 is 0 Å². The van der Waals surface area contributed by atoms with Crippen LogP contribution in [0.2, 0.25) is 0 Å². The number of benzene rings is 1. The lowest BCUT2D eigenvalue weighted by Gasteiger charge is -2.09. The maximum absolute atomic E-state index is 9.44. The van der Waals surface area contributed by atoms with Crippen LogP contribution in [0.15, 0.2) is 18.2 Å². The summed E-state index contributed by atoms with van der Waals surface area (Å²) in [5, 5.41) is 18.8. The van der Waals surface area contributed by atoms with Gasteiger partial charge in [-0.05, 0) is 30.5 Å². The second-order valence-electron chi connectivity index (χ2n) is 3.27. The molecule has 0 aromatic heterocycles. The van der Waals surface area contributed by atoms with Crippen LogP contribution in [0.25, 0.3) is 0 Å². The Morgan fingerprint density at radius 3 is 2.71 bits per heavy atom. The highest BCUT2D eigenvalue weighted by Crippen LogP contribution is 2.26. The Balaban J connectivity index is 2.79. The Kier molecular flexibility index (Phi) is 3.77. The fourth-order valence-electron chi connectivity index (χ4n) is 1.27. The highest BCUT2D eigenvalue weighted by atomic mass is 16.5. The maximum atomic E-state index is 9.44. The van der Waals surface area contributed by atoms with Gasteiger partial charge in [-0.15, -0.1) is 0 Å². The lowest BCUT2D eigenvalue weighted by atomic mass is 10.1. The van der Waals surface area contributed by atoms with Crippen molar-refractivity contribution in [2.75, 3.05) is 7.11 Å². The molecule has 1 aromatic carbocycles. The van der Waals surface area contributed by atoms with Crippen LogP contribution in [0.3, 0.4) is 0 Å². The molecule has 0 bridgehead atoms. The molecule has 1 unspecified atom stereocenters. The van der Waals surface area contributed by atoms with Crippen LogP contribution in [-0.2, 0) is 6.42 Å². The molecule has 1 rings (SSSR count). The molecular formula is C11H16O3. The fourth-order valence-corrected chi connectivity index (χ4v) is 1.27. The molecular weight excluding hydrogens is 180 g/mol. The highest BCUT2D eigenvalue weighted by molar-refractivity contribution is 5.41. The predicted molar refractivity (Wildman–Crippen MR) is 54.7 cm³/mol. The Labute approximate surface area is 84.0 Å². The molecule has 0 aliphatic rings. The van der Waals surface area contributed by atoms with Crippen molar-refractivity contribution in [3.63, 3.8) is 0 Å². The summed E-state index contributed by atoms with van der Waals surface area (Å²) in [5.41, 5.74) is 0.967. The molecule has 0 spiro atoms. The smallest absolute Gasteiger partial charge is 0.160 e. The van der Waals surface area contributed by atoms with Crippen molar-refractivity contribution in [1.29, 1.82) is 0 Å². The summed E-state index contributed by atoms with van der Waals surface area (Å²) < 4.78 is 4.97. The van der Waals surface area contributed by atoms with Crippen molar-refractivity contribution in [2.45, 2.75) is 25.9 Å². The van der Waals surface area contributed by atoms with Crippen LogP contribution in [0.4, 0.5) is 0 Å². The van der Waals surface area contributed by atoms with E-state index in [1.165, 1.54) is 7.11 Å². The van der Waals surface area contributed by atoms with Gasteiger partial charge in [-0.3, -0.25) is 0 Å². The van der Waals surface area contributed by atoms with Gasteiger partial charge in [0.05, 0.1) is 13.2 Å².